The van der Waals surface area contributed by atoms with Gasteiger partial charge in [-0.1, -0.05) is 12.1 Å². The lowest BCUT2D eigenvalue weighted by Crippen LogP contribution is -2.42. The zero-order valence-corrected chi connectivity index (χ0v) is 17.5. The summed E-state index contributed by atoms with van der Waals surface area (Å²) in [4.78, 5) is 16.0. The van der Waals surface area contributed by atoms with Crippen molar-refractivity contribution in [1.82, 2.24) is 25.7 Å². The molecule has 0 bridgehead atoms. The summed E-state index contributed by atoms with van der Waals surface area (Å²) >= 11 is 0. The number of aliphatic imine (C=N–C) groups is 1. The highest BCUT2D eigenvalue weighted by atomic mass is 127. The number of guanidine groups is 1. The van der Waals surface area contributed by atoms with Gasteiger partial charge in [-0.2, -0.15) is 5.10 Å². The Hall–Kier alpha value is -2.30. The molecule has 8 nitrogen and oxygen atoms in total. The molecule has 0 fully saturated rings. The Bertz CT molecular complexity index is 714. The molecule has 3 N–H and O–H groups in total. The van der Waals surface area contributed by atoms with Gasteiger partial charge in [0, 0.05) is 26.8 Å². The number of rotatable bonds is 7. The Kier molecular flexibility index (Phi) is 9.48. The molecule has 0 aliphatic heterocycles. The van der Waals surface area contributed by atoms with Crippen LogP contribution in [0.4, 0.5) is 0 Å². The maximum absolute atomic E-state index is 12.0. The molecule has 0 aliphatic carbocycles. The van der Waals surface area contributed by atoms with E-state index < -0.39 is 0 Å². The smallest absolute Gasteiger partial charge is 0.239 e. The van der Waals surface area contributed by atoms with Crippen molar-refractivity contribution in [3.63, 3.8) is 0 Å². The first-order valence-corrected chi connectivity index (χ1v) is 7.93. The lowest BCUT2D eigenvalue weighted by molar-refractivity contribution is -0.120. The van der Waals surface area contributed by atoms with Crippen molar-refractivity contribution in [2.75, 3.05) is 20.7 Å². The van der Waals surface area contributed by atoms with Crippen LogP contribution in [0.3, 0.4) is 0 Å². The molecule has 0 aliphatic rings. The van der Waals surface area contributed by atoms with Crippen molar-refractivity contribution in [2.24, 2.45) is 12.0 Å². The molecule has 0 radical (unpaired) electrons. The topological polar surface area (TPSA) is 92.6 Å². The molecule has 0 saturated carbocycles. The zero-order valence-electron chi connectivity index (χ0n) is 15.2. The van der Waals surface area contributed by atoms with Crippen LogP contribution >= 0.6 is 24.0 Å². The van der Waals surface area contributed by atoms with Crippen molar-refractivity contribution >= 4 is 35.8 Å². The molecule has 0 spiro atoms. The Morgan fingerprint density at radius 1 is 1.15 bits per heavy atom. The highest BCUT2D eigenvalue weighted by molar-refractivity contribution is 14.0. The van der Waals surface area contributed by atoms with Gasteiger partial charge in [-0.3, -0.25) is 14.5 Å². The molecule has 26 heavy (non-hydrogen) atoms. The minimum absolute atomic E-state index is 0. The number of hydrogen-bond donors (Lipinski definition) is 3. The third kappa shape index (κ3) is 6.90. The van der Waals surface area contributed by atoms with Crippen molar-refractivity contribution in [3.05, 3.63) is 47.8 Å². The average Bonchev–Trinajstić information content (AvgIpc) is 3.05. The molecule has 1 aromatic carbocycles. The number of carbonyl (C=O) groups is 1. The minimum Gasteiger partial charge on any atom is -0.497 e. The molecule has 1 amide bonds. The molecule has 0 unspecified atom stereocenters. The van der Waals surface area contributed by atoms with Crippen LogP contribution < -0.4 is 20.7 Å². The van der Waals surface area contributed by atoms with Gasteiger partial charge in [-0.25, -0.2) is 0 Å². The van der Waals surface area contributed by atoms with Gasteiger partial charge in [0.05, 0.1) is 25.9 Å². The third-order valence-electron chi connectivity index (χ3n) is 3.65. The molecule has 9 heteroatoms. The van der Waals surface area contributed by atoms with E-state index in [2.05, 4.69) is 26.0 Å². The predicted molar refractivity (Wildman–Crippen MR) is 112 cm³/mol. The number of aryl methyl sites for hydroxylation is 1. The van der Waals surface area contributed by atoms with Crippen molar-refractivity contribution < 1.29 is 9.53 Å². The summed E-state index contributed by atoms with van der Waals surface area (Å²) in [6, 6.07) is 9.48. The maximum Gasteiger partial charge on any atom is 0.239 e. The molecule has 1 heterocycles. The van der Waals surface area contributed by atoms with E-state index in [9.17, 15) is 4.79 Å². The maximum atomic E-state index is 12.0. The number of benzene rings is 1. The number of amides is 1. The van der Waals surface area contributed by atoms with Crippen LogP contribution in [0.25, 0.3) is 0 Å². The number of nitrogens with one attached hydrogen (secondary N) is 3. The summed E-state index contributed by atoms with van der Waals surface area (Å²) < 4.78 is 6.89. The standard InChI is InChI=1S/C17H24N6O2.HI/c1-18-17(20-11-14-8-9-22-23(14)2)21-12-16(24)19-10-13-4-6-15(25-3)7-5-13;/h4-9H,10-12H2,1-3H3,(H,19,24)(H2,18,20,21);1H. The molecule has 2 aromatic rings. The van der Waals surface area contributed by atoms with E-state index in [1.165, 1.54) is 0 Å². The third-order valence-corrected chi connectivity index (χ3v) is 3.65. The van der Waals surface area contributed by atoms with Crippen LogP contribution in [-0.4, -0.2) is 42.3 Å². The van der Waals surface area contributed by atoms with Gasteiger partial charge >= 0.3 is 0 Å². The van der Waals surface area contributed by atoms with E-state index in [-0.39, 0.29) is 36.4 Å². The number of aromatic nitrogens is 2. The van der Waals surface area contributed by atoms with Crippen LogP contribution in [0.1, 0.15) is 11.3 Å². The SMILES string of the molecule is CN=C(NCC(=O)NCc1ccc(OC)cc1)NCc1ccnn1C.I. The Labute approximate surface area is 170 Å². The van der Waals surface area contributed by atoms with Gasteiger partial charge < -0.3 is 20.7 Å². The second-order valence-corrected chi connectivity index (χ2v) is 5.35. The summed E-state index contributed by atoms with van der Waals surface area (Å²) in [6.07, 6.45) is 1.74. The summed E-state index contributed by atoms with van der Waals surface area (Å²) in [6.45, 7) is 1.18. The van der Waals surface area contributed by atoms with E-state index in [4.69, 9.17) is 4.74 Å². The Balaban J connectivity index is 0.00000338. The van der Waals surface area contributed by atoms with Gasteiger partial charge in [0.25, 0.3) is 0 Å². The molecule has 2 rings (SSSR count). The first-order chi connectivity index (χ1) is 12.1. The molecule has 0 saturated heterocycles. The molecule has 142 valence electrons. The highest BCUT2D eigenvalue weighted by Gasteiger charge is 2.05. The van der Waals surface area contributed by atoms with Gasteiger partial charge in [0.2, 0.25) is 5.91 Å². The van der Waals surface area contributed by atoms with E-state index in [1.807, 2.05) is 37.4 Å². The number of carbonyl (C=O) groups excluding carboxylic acids is 1. The number of halogens is 1. The van der Waals surface area contributed by atoms with Crippen molar-refractivity contribution in [1.29, 1.82) is 0 Å². The largest absolute Gasteiger partial charge is 0.497 e. The second-order valence-electron chi connectivity index (χ2n) is 5.35. The fourth-order valence-electron chi connectivity index (χ4n) is 2.14. The van der Waals surface area contributed by atoms with Crippen LogP contribution in [0.15, 0.2) is 41.5 Å². The van der Waals surface area contributed by atoms with Gasteiger partial charge in [-0.05, 0) is 23.8 Å². The molecule has 0 atom stereocenters. The van der Waals surface area contributed by atoms with Gasteiger partial charge in [0.1, 0.15) is 5.75 Å². The van der Waals surface area contributed by atoms with Crippen molar-refractivity contribution in [3.8, 4) is 5.75 Å². The van der Waals surface area contributed by atoms with Gasteiger partial charge in [-0.15, -0.1) is 24.0 Å². The summed E-state index contributed by atoms with van der Waals surface area (Å²) in [5.74, 6) is 1.24. The van der Waals surface area contributed by atoms with Gasteiger partial charge in [0.15, 0.2) is 5.96 Å². The fourth-order valence-corrected chi connectivity index (χ4v) is 2.14. The quantitative estimate of drug-likeness (QED) is 0.318. The molecular weight excluding hydrogens is 447 g/mol. The first kappa shape index (κ1) is 21.7. The summed E-state index contributed by atoms with van der Waals surface area (Å²) in [5, 5.41) is 13.1. The van der Waals surface area contributed by atoms with Crippen molar-refractivity contribution in [2.45, 2.75) is 13.1 Å². The van der Waals surface area contributed by atoms with E-state index >= 15 is 0 Å². The van der Waals surface area contributed by atoms with Crippen LogP contribution in [-0.2, 0) is 24.9 Å². The number of hydrogen-bond acceptors (Lipinski definition) is 4. The fraction of sp³-hybridized carbons (Fsp3) is 0.353. The Morgan fingerprint density at radius 2 is 1.88 bits per heavy atom. The minimum atomic E-state index is -0.112. The predicted octanol–water partition coefficient (Wildman–Crippen LogP) is 1.03. The van der Waals surface area contributed by atoms with E-state index in [0.29, 0.717) is 19.0 Å². The molecule has 1 aromatic heterocycles. The zero-order chi connectivity index (χ0) is 18.1. The lowest BCUT2D eigenvalue weighted by Gasteiger charge is -2.12. The lowest BCUT2D eigenvalue weighted by atomic mass is 10.2. The van der Waals surface area contributed by atoms with Crippen LogP contribution in [0.5, 0.6) is 5.75 Å². The number of ether oxygens (including phenoxy) is 1. The van der Waals surface area contributed by atoms with E-state index in [1.54, 1.807) is 25.0 Å². The van der Waals surface area contributed by atoms with E-state index in [0.717, 1.165) is 17.0 Å². The van der Waals surface area contributed by atoms with Crippen LogP contribution in [0.2, 0.25) is 0 Å². The summed E-state index contributed by atoms with van der Waals surface area (Å²) in [7, 11) is 5.16. The molecular formula is C17H25IN6O2. The van der Waals surface area contributed by atoms with Crippen LogP contribution in [0, 0.1) is 0 Å². The first-order valence-electron chi connectivity index (χ1n) is 7.93. The number of nitrogens with zero attached hydrogens (tertiary/aromatic N) is 3. The average molecular weight is 472 g/mol. The number of methoxy groups -OCH3 is 1. The normalized spacial score (nSPS) is 10.7. The monoisotopic (exact) mass is 472 g/mol. The highest BCUT2D eigenvalue weighted by Crippen LogP contribution is 2.10. The summed E-state index contributed by atoms with van der Waals surface area (Å²) in [5.41, 5.74) is 2.03. The Morgan fingerprint density at radius 3 is 2.46 bits per heavy atom. The second kappa shape index (κ2) is 11.3.